The molecule has 0 saturated heterocycles. The first-order valence-corrected chi connectivity index (χ1v) is 4.11. The van der Waals surface area contributed by atoms with Crippen LogP contribution in [0.15, 0.2) is 0 Å². The molecule has 4 N–H and O–H groups in total. The molecule has 0 atom stereocenters. The Morgan fingerprint density at radius 2 is 1.89 bits per heavy atom. The maximum atomic E-state index is 10.1. The first kappa shape index (κ1) is 9.07. The molecule has 0 amide bonds. The molecule has 0 aromatic heterocycles. The van der Waals surface area contributed by atoms with E-state index in [0.29, 0.717) is 0 Å². The van der Waals surface area contributed by atoms with Gasteiger partial charge in [0.05, 0.1) is 0 Å². The fraction of sp³-hybridized carbons (Fsp3) is 1.00. The molecule has 0 aliphatic heterocycles. The summed E-state index contributed by atoms with van der Waals surface area (Å²) in [6.45, 7) is 3.53. The highest BCUT2D eigenvalue weighted by Crippen LogP contribution is 2.26. The van der Waals surface area contributed by atoms with Gasteiger partial charge in [0.2, 0.25) is 0 Å². The molecule has 0 bridgehead atoms. The van der Waals surface area contributed by atoms with Crippen molar-refractivity contribution >= 4 is 7.75 Å². The van der Waals surface area contributed by atoms with Crippen LogP contribution in [0.1, 0.15) is 13.8 Å². The molecule has 0 radical (unpaired) electrons. The van der Waals surface area contributed by atoms with E-state index < -0.39 is 7.75 Å². The van der Waals surface area contributed by atoms with E-state index in [9.17, 15) is 4.57 Å². The van der Waals surface area contributed by atoms with Gasteiger partial charge in [0.1, 0.15) is 0 Å². The average Bonchev–Trinajstić information content (AvgIpc) is 1.59. The normalized spacial score (nSPS) is 12.6. The Bertz CT molecular complexity index is 120. The summed E-state index contributed by atoms with van der Waals surface area (Å²) < 4.78 is 10.1. The van der Waals surface area contributed by atoms with Gasteiger partial charge < -0.3 is 9.79 Å². The van der Waals surface area contributed by atoms with Crippen LogP contribution in [0, 0.1) is 0 Å². The van der Waals surface area contributed by atoms with Crippen molar-refractivity contribution in [2.45, 2.75) is 19.9 Å². The first-order valence-electron chi connectivity index (χ1n) is 2.50. The molecule has 9 heavy (non-hydrogen) atoms. The standard InChI is InChI=1S/C3H11N2O3P/c1-3(2)4-5-9(6,7)8/h3-4H,1-2H3,(H3,5,6,7,8). The lowest BCUT2D eigenvalue weighted by Crippen LogP contribution is -2.34. The molecule has 0 fully saturated rings. The highest BCUT2D eigenvalue weighted by molar-refractivity contribution is 7.49. The van der Waals surface area contributed by atoms with Crippen molar-refractivity contribution in [1.29, 1.82) is 0 Å². The van der Waals surface area contributed by atoms with Crippen LogP contribution in [0.25, 0.3) is 0 Å². The zero-order chi connectivity index (χ0) is 7.49. The van der Waals surface area contributed by atoms with Gasteiger partial charge in [0.25, 0.3) is 0 Å². The molecule has 6 heteroatoms. The van der Waals surface area contributed by atoms with E-state index in [-0.39, 0.29) is 6.04 Å². The number of nitrogens with one attached hydrogen (secondary N) is 2. The molecular formula is C3H11N2O3P. The topological polar surface area (TPSA) is 81.6 Å². The second-order valence-electron chi connectivity index (χ2n) is 1.95. The highest BCUT2D eigenvalue weighted by Gasteiger charge is 2.10. The van der Waals surface area contributed by atoms with Crippen molar-refractivity contribution in [3.63, 3.8) is 0 Å². The van der Waals surface area contributed by atoms with Gasteiger partial charge >= 0.3 is 7.75 Å². The van der Waals surface area contributed by atoms with Gasteiger partial charge in [-0.1, -0.05) is 0 Å². The van der Waals surface area contributed by atoms with Crippen molar-refractivity contribution in [2.75, 3.05) is 0 Å². The fourth-order valence-electron chi connectivity index (χ4n) is 0.213. The van der Waals surface area contributed by atoms with Crippen LogP contribution in [0.4, 0.5) is 0 Å². The lowest BCUT2D eigenvalue weighted by molar-refractivity contribution is 0.340. The van der Waals surface area contributed by atoms with Crippen LogP contribution in [0.2, 0.25) is 0 Å². The Hall–Kier alpha value is 0.0700. The average molecular weight is 154 g/mol. The number of hydrazine groups is 1. The Labute approximate surface area is 53.6 Å². The van der Waals surface area contributed by atoms with Crippen molar-refractivity contribution in [3.8, 4) is 0 Å². The molecule has 0 unspecified atom stereocenters. The maximum Gasteiger partial charge on any atom is 0.413 e. The zero-order valence-electron chi connectivity index (χ0n) is 5.33. The largest absolute Gasteiger partial charge is 0.413 e. The molecule has 0 rings (SSSR count). The molecule has 5 nitrogen and oxygen atoms in total. The van der Waals surface area contributed by atoms with Crippen LogP contribution >= 0.6 is 7.75 Å². The van der Waals surface area contributed by atoms with Gasteiger partial charge in [-0.2, -0.15) is 5.20 Å². The Kier molecular flexibility index (Phi) is 3.32. The number of hydrogen-bond donors (Lipinski definition) is 4. The van der Waals surface area contributed by atoms with E-state index >= 15 is 0 Å². The van der Waals surface area contributed by atoms with Crippen LogP contribution in [-0.4, -0.2) is 15.8 Å². The third-order valence-electron chi connectivity index (χ3n) is 0.499. The van der Waals surface area contributed by atoms with E-state index in [4.69, 9.17) is 9.79 Å². The fourth-order valence-corrected chi connectivity index (χ4v) is 0.640. The summed E-state index contributed by atoms with van der Waals surface area (Å²) in [6, 6.07) is 0.0117. The highest BCUT2D eigenvalue weighted by atomic mass is 31.2. The van der Waals surface area contributed by atoms with Crippen molar-refractivity contribution < 1.29 is 14.4 Å². The lowest BCUT2D eigenvalue weighted by Gasteiger charge is -2.09. The molecule has 0 aliphatic carbocycles. The molecule has 0 aromatic carbocycles. The lowest BCUT2D eigenvalue weighted by atomic mass is 10.4. The van der Waals surface area contributed by atoms with Crippen LogP contribution < -0.4 is 10.6 Å². The van der Waals surface area contributed by atoms with Gasteiger partial charge in [-0.25, -0.2) is 9.99 Å². The van der Waals surface area contributed by atoms with Gasteiger partial charge in [0.15, 0.2) is 0 Å². The molecule has 0 saturated carbocycles. The molecule has 0 spiro atoms. The molecule has 0 heterocycles. The monoisotopic (exact) mass is 154 g/mol. The molecular weight excluding hydrogens is 143 g/mol. The number of hydrogen-bond acceptors (Lipinski definition) is 2. The van der Waals surface area contributed by atoms with Crippen molar-refractivity contribution in [1.82, 2.24) is 10.6 Å². The summed E-state index contributed by atoms with van der Waals surface area (Å²) in [5.74, 6) is 0. The SMILES string of the molecule is CC(C)NNP(=O)(O)O. The summed E-state index contributed by atoms with van der Waals surface area (Å²) in [6.07, 6.45) is 0. The Morgan fingerprint density at radius 1 is 1.44 bits per heavy atom. The summed E-state index contributed by atoms with van der Waals surface area (Å²) in [7, 11) is -4.08. The molecule has 0 aromatic rings. The third-order valence-corrected chi connectivity index (χ3v) is 0.919. The smallest absolute Gasteiger partial charge is 0.312 e. The minimum Gasteiger partial charge on any atom is -0.312 e. The third kappa shape index (κ3) is 8.07. The second-order valence-corrected chi connectivity index (χ2v) is 3.27. The van der Waals surface area contributed by atoms with E-state index in [1.165, 1.54) is 0 Å². The molecule has 56 valence electrons. The van der Waals surface area contributed by atoms with E-state index in [1.807, 2.05) is 5.20 Å². The minimum absolute atomic E-state index is 0.0117. The van der Waals surface area contributed by atoms with Crippen molar-refractivity contribution in [3.05, 3.63) is 0 Å². The predicted molar refractivity (Wildman–Crippen MR) is 33.5 cm³/mol. The van der Waals surface area contributed by atoms with E-state index in [2.05, 4.69) is 5.43 Å². The number of rotatable bonds is 3. The van der Waals surface area contributed by atoms with E-state index in [1.54, 1.807) is 13.8 Å². The molecule has 0 aliphatic rings. The Balaban J connectivity index is 3.40. The summed E-state index contributed by atoms with van der Waals surface area (Å²) in [5.41, 5.74) is 2.37. The van der Waals surface area contributed by atoms with Gasteiger partial charge in [-0.05, 0) is 13.8 Å². The van der Waals surface area contributed by atoms with Gasteiger partial charge in [-0.3, -0.25) is 0 Å². The first-order chi connectivity index (χ1) is 3.92. The predicted octanol–water partition coefficient (Wildman–Crippen LogP) is -0.418. The quantitative estimate of drug-likeness (QED) is 0.328. The van der Waals surface area contributed by atoms with Crippen LogP contribution in [0.3, 0.4) is 0 Å². The van der Waals surface area contributed by atoms with E-state index in [0.717, 1.165) is 0 Å². The van der Waals surface area contributed by atoms with Crippen LogP contribution in [-0.2, 0) is 4.57 Å². The van der Waals surface area contributed by atoms with Crippen molar-refractivity contribution in [2.24, 2.45) is 0 Å². The summed E-state index contributed by atoms with van der Waals surface area (Å²) >= 11 is 0. The summed E-state index contributed by atoms with van der Waals surface area (Å²) in [5, 5.41) is 1.84. The zero-order valence-corrected chi connectivity index (χ0v) is 6.22. The van der Waals surface area contributed by atoms with Gasteiger partial charge in [0, 0.05) is 6.04 Å². The van der Waals surface area contributed by atoms with Gasteiger partial charge in [-0.15, -0.1) is 0 Å². The summed E-state index contributed by atoms with van der Waals surface area (Å²) in [4.78, 5) is 16.4. The second kappa shape index (κ2) is 3.29. The maximum absolute atomic E-state index is 10.1. The van der Waals surface area contributed by atoms with Crippen LogP contribution in [0.5, 0.6) is 0 Å². The Morgan fingerprint density at radius 3 is 2.00 bits per heavy atom. The minimum atomic E-state index is -4.08.